The van der Waals surface area contributed by atoms with Crippen LogP contribution in [0.5, 0.6) is 0 Å². The number of nitrogens with zero attached hydrogens (tertiary/aromatic N) is 1. The molecule has 0 unspecified atom stereocenters. The quantitative estimate of drug-likeness (QED) is 0.672. The first kappa shape index (κ1) is 15.8. The lowest BCUT2D eigenvalue weighted by Crippen LogP contribution is -2.32. The first-order valence-corrected chi connectivity index (χ1v) is 8.65. The third-order valence-electron chi connectivity index (χ3n) is 3.90. The van der Waals surface area contributed by atoms with Gasteiger partial charge in [-0.2, -0.15) is 0 Å². The first-order chi connectivity index (χ1) is 9.63. The second-order valence-corrected chi connectivity index (χ2v) is 6.70. The summed E-state index contributed by atoms with van der Waals surface area (Å²) in [5, 5.41) is 0. The molecule has 0 spiro atoms. The van der Waals surface area contributed by atoms with E-state index in [1.165, 1.54) is 16.0 Å². The third-order valence-corrected chi connectivity index (χ3v) is 5.92. The van der Waals surface area contributed by atoms with E-state index in [9.17, 15) is 0 Å². The number of aromatic nitrogens is 1. The fourth-order valence-corrected chi connectivity index (χ4v) is 4.16. The maximum absolute atomic E-state index is 6.31. The maximum Gasteiger partial charge on any atom is 0.0797 e. The van der Waals surface area contributed by atoms with Gasteiger partial charge in [0.05, 0.1) is 11.2 Å². The van der Waals surface area contributed by atoms with Gasteiger partial charge in [0, 0.05) is 22.1 Å². The Morgan fingerprint density at radius 2 is 1.85 bits per heavy atom. The average Bonchev–Trinajstić information content (AvgIpc) is 2.87. The van der Waals surface area contributed by atoms with E-state index in [1.54, 1.807) is 11.3 Å². The molecule has 0 radical (unpaired) electrons. The van der Waals surface area contributed by atoms with E-state index in [0.717, 1.165) is 18.5 Å². The number of thiazole rings is 1. The number of hydrogen-bond acceptors (Lipinski definition) is 2. The minimum atomic E-state index is -0.162. The minimum absolute atomic E-state index is 0.162. The van der Waals surface area contributed by atoms with Gasteiger partial charge >= 0.3 is 0 Å². The fraction of sp³-hybridized carbons (Fsp3) is 0.438. The highest BCUT2D eigenvalue weighted by Crippen LogP contribution is 2.35. The molecule has 0 aliphatic rings. The van der Waals surface area contributed by atoms with Crippen LogP contribution in [0.25, 0.3) is 0 Å². The van der Waals surface area contributed by atoms with E-state index in [1.807, 2.05) is 5.51 Å². The van der Waals surface area contributed by atoms with Crippen molar-refractivity contribution in [2.75, 3.05) is 11.8 Å². The Labute approximate surface area is 135 Å². The predicted octanol–water partition coefficient (Wildman–Crippen LogP) is 5.11. The smallest absolute Gasteiger partial charge is 0.0797 e. The van der Waals surface area contributed by atoms with Crippen molar-refractivity contribution < 1.29 is 0 Å². The summed E-state index contributed by atoms with van der Waals surface area (Å²) >= 11 is 14.3. The van der Waals surface area contributed by atoms with Crippen LogP contribution in [0.3, 0.4) is 0 Å². The summed E-state index contributed by atoms with van der Waals surface area (Å²) in [4.78, 5) is 5.64. The summed E-state index contributed by atoms with van der Waals surface area (Å²) in [7, 11) is 0. The molecule has 1 nitrogen and oxygen atoms in total. The van der Waals surface area contributed by atoms with Gasteiger partial charge in [-0.3, -0.25) is 0 Å². The zero-order valence-electron chi connectivity index (χ0n) is 11.8. The molecule has 2 aromatic rings. The van der Waals surface area contributed by atoms with E-state index < -0.39 is 0 Å². The first-order valence-electron chi connectivity index (χ1n) is 6.70. The summed E-state index contributed by atoms with van der Waals surface area (Å²) in [5.74, 6) is 1.08. The largest absolute Gasteiger partial charge is 0.250 e. The van der Waals surface area contributed by atoms with Crippen LogP contribution < -0.4 is 0 Å². The molecule has 0 atom stereocenters. The lowest BCUT2D eigenvalue weighted by Gasteiger charge is -2.31. The normalized spacial score (nSPS) is 11.8. The van der Waals surface area contributed by atoms with Gasteiger partial charge in [0.15, 0.2) is 0 Å². The molecule has 0 aliphatic carbocycles. The third kappa shape index (κ3) is 3.19. The average molecular weight is 328 g/mol. The topological polar surface area (TPSA) is 12.9 Å². The number of hydrogen-bond donors (Lipinski definition) is 0. The van der Waals surface area contributed by atoms with Crippen LogP contribution in [0.2, 0.25) is 0 Å². The molecule has 1 heterocycles. The molecule has 0 N–H and O–H groups in total. The summed E-state index contributed by atoms with van der Waals surface area (Å²) in [6.07, 6.45) is 1.93. The van der Waals surface area contributed by atoms with Crippen molar-refractivity contribution in [2.24, 2.45) is 0 Å². The summed E-state index contributed by atoms with van der Waals surface area (Å²) in [6, 6.07) is 8.40. The van der Waals surface area contributed by atoms with E-state index in [0.29, 0.717) is 11.8 Å². The number of rotatable bonds is 6. The lowest BCUT2D eigenvalue weighted by molar-refractivity contribution is 0.491. The molecular formula is C16H19Cl2NS. The highest BCUT2D eigenvalue weighted by molar-refractivity contribution is 7.09. The van der Waals surface area contributed by atoms with Crippen molar-refractivity contribution in [1.82, 2.24) is 4.98 Å². The molecular weight excluding hydrogens is 309 g/mol. The molecule has 0 bridgehead atoms. The highest BCUT2D eigenvalue weighted by atomic mass is 35.5. The van der Waals surface area contributed by atoms with Gasteiger partial charge in [0.1, 0.15) is 0 Å². The van der Waals surface area contributed by atoms with E-state index >= 15 is 0 Å². The van der Waals surface area contributed by atoms with Crippen molar-refractivity contribution in [3.05, 3.63) is 51.5 Å². The Kier molecular flexibility index (Phi) is 5.48. The summed E-state index contributed by atoms with van der Waals surface area (Å²) in [5.41, 5.74) is 5.40. The van der Waals surface area contributed by atoms with Crippen LogP contribution in [-0.4, -0.2) is 16.7 Å². The molecule has 20 heavy (non-hydrogen) atoms. The molecule has 0 fully saturated rings. The molecule has 0 saturated carbocycles. The van der Waals surface area contributed by atoms with Gasteiger partial charge < -0.3 is 0 Å². The van der Waals surface area contributed by atoms with Gasteiger partial charge in [-0.25, -0.2) is 4.98 Å². The number of alkyl halides is 2. The van der Waals surface area contributed by atoms with E-state index in [2.05, 4.69) is 43.1 Å². The number of halogens is 2. The molecule has 0 amide bonds. The lowest BCUT2D eigenvalue weighted by atomic mass is 9.78. The Balaban J connectivity index is 2.26. The second kappa shape index (κ2) is 6.93. The maximum atomic E-state index is 6.31. The van der Waals surface area contributed by atoms with Gasteiger partial charge in [-0.15, -0.1) is 34.5 Å². The number of aryl methyl sites for hydroxylation is 3. The van der Waals surface area contributed by atoms with Gasteiger partial charge in [0.25, 0.3) is 0 Å². The Bertz CT molecular complexity index is 561. The molecule has 0 saturated heterocycles. The molecule has 4 heteroatoms. The van der Waals surface area contributed by atoms with Crippen LogP contribution in [-0.2, 0) is 11.8 Å². The van der Waals surface area contributed by atoms with Crippen molar-refractivity contribution >= 4 is 34.5 Å². The summed E-state index contributed by atoms with van der Waals surface area (Å²) < 4.78 is 0. The van der Waals surface area contributed by atoms with Gasteiger partial charge in [-0.1, -0.05) is 24.3 Å². The zero-order chi connectivity index (χ0) is 14.6. The van der Waals surface area contributed by atoms with Gasteiger partial charge in [0.2, 0.25) is 0 Å². The van der Waals surface area contributed by atoms with Crippen LogP contribution in [0.1, 0.15) is 28.1 Å². The van der Waals surface area contributed by atoms with Crippen LogP contribution in [0, 0.1) is 13.8 Å². The Morgan fingerprint density at radius 3 is 2.40 bits per heavy atom. The molecule has 108 valence electrons. The summed E-state index contributed by atoms with van der Waals surface area (Å²) in [6.45, 7) is 4.18. The Morgan fingerprint density at radius 1 is 1.15 bits per heavy atom. The van der Waals surface area contributed by atoms with Crippen LogP contribution in [0.4, 0.5) is 0 Å². The van der Waals surface area contributed by atoms with Crippen molar-refractivity contribution in [3.63, 3.8) is 0 Å². The molecule has 1 aromatic heterocycles. The Hall–Kier alpha value is -0.570. The van der Waals surface area contributed by atoms with E-state index in [-0.39, 0.29) is 5.41 Å². The van der Waals surface area contributed by atoms with Crippen LogP contribution in [0.15, 0.2) is 29.8 Å². The highest BCUT2D eigenvalue weighted by Gasteiger charge is 2.31. The SMILES string of the molecule is Cc1ccccc1C(CCl)(CCl)CCc1scnc1C. The molecule has 1 aromatic carbocycles. The zero-order valence-corrected chi connectivity index (χ0v) is 14.2. The van der Waals surface area contributed by atoms with E-state index in [4.69, 9.17) is 23.2 Å². The standard InChI is InChI=1S/C16H19Cl2NS/c1-12-5-3-4-6-14(12)16(9-17,10-18)8-7-15-13(2)19-11-20-15/h3-6,11H,7-10H2,1-2H3. The fourth-order valence-electron chi connectivity index (χ4n) is 2.53. The van der Waals surface area contributed by atoms with Crippen molar-refractivity contribution in [3.8, 4) is 0 Å². The number of benzene rings is 1. The van der Waals surface area contributed by atoms with Crippen molar-refractivity contribution in [2.45, 2.75) is 32.1 Å². The predicted molar refractivity (Wildman–Crippen MR) is 89.5 cm³/mol. The van der Waals surface area contributed by atoms with Gasteiger partial charge in [-0.05, 0) is 37.8 Å². The molecule has 2 rings (SSSR count). The minimum Gasteiger partial charge on any atom is -0.250 e. The van der Waals surface area contributed by atoms with Crippen molar-refractivity contribution in [1.29, 1.82) is 0 Å². The van der Waals surface area contributed by atoms with Crippen LogP contribution >= 0.6 is 34.5 Å². The molecule has 0 aliphatic heterocycles. The second-order valence-electron chi connectivity index (χ2n) is 5.22. The monoisotopic (exact) mass is 327 g/mol.